The number of aromatic nitrogens is 1. The average molecular weight is 151 g/mol. The molecular formula is C8H9NO2. The first-order valence-corrected chi connectivity index (χ1v) is 3.58. The van der Waals surface area contributed by atoms with Crippen molar-refractivity contribution < 1.29 is 9.15 Å². The summed E-state index contributed by atoms with van der Waals surface area (Å²) in [6.45, 7) is 0. The summed E-state index contributed by atoms with van der Waals surface area (Å²) in [7, 11) is 1.66. The SMILES string of the molecule is COC1=c2ocnc2=CCC1. The maximum atomic E-state index is 5.16. The molecule has 1 aromatic rings. The van der Waals surface area contributed by atoms with Crippen molar-refractivity contribution in [1.82, 2.24) is 4.98 Å². The predicted molar refractivity (Wildman–Crippen MR) is 39.9 cm³/mol. The molecule has 58 valence electrons. The van der Waals surface area contributed by atoms with Crippen LogP contribution in [-0.2, 0) is 4.74 Å². The van der Waals surface area contributed by atoms with Gasteiger partial charge in [0.05, 0.1) is 7.11 Å². The molecule has 0 radical (unpaired) electrons. The summed E-state index contributed by atoms with van der Waals surface area (Å²) in [5.41, 5.74) is 0.791. The maximum Gasteiger partial charge on any atom is 0.191 e. The van der Waals surface area contributed by atoms with E-state index in [2.05, 4.69) is 11.1 Å². The standard InChI is InChI=1S/C8H9NO2/c1-10-7-4-2-3-6-8(7)11-5-9-6/h3,5H,2,4H2,1H3. The van der Waals surface area contributed by atoms with Gasteiger partial charge in [-0.05, 0) is 6.42 Å². The lowest BCUT2D eigenvalue weighted by Crippen LogP contribution is -2.28. The summed E-state index contributed by atoms with van der Waals surface area (Å²) in [6, 6.07) is 0. The Morgan fingerprint density at radius 2 is 2.55 bits per heavy atom. The molecule has 0 aromatic carbocycles. The molecule has 0 unspecified atom stereocenters. The van der Waals surface area contributed by atoms with E-state index in [1.807, 2.05) is 0 Å². The molecule has 11 heavy (non-hydrogen) atoms. The van der Waals surface area contributed by atoms with Crippen LogP contribution in [0.1, 0.15) is 12.8 Å². The third kappa shape index (κ3) is 0.926. The van der Waals surface area contributed by atoms with Gasteiger partial charge in [0.25, 0.3) is 0 Å². The van der Waals surface area contributed by atoms with Crippen molar-refractivity contribution in [1.29, 1.82) is 0 Å². The first-order chi connectivity index (χ1) is 5.42. The average Bonchev–Trinajstić information content (AvgIpc) is 2.50. The highest BCUT2D eigenvalue weighted by Gasteiger charge is 2.06. The summed E-state index contributed by atoms with van der Waals surface area (Å²) in [6.07, 6.45) is 5.41. The van der Waals surface area contributed by atoms with Crippen molar-refractivity contribution in [2.45, 2.75) is 12.8 Å². The zero-order valence-electron chi connectivity index (χ0n) is 6.33. The van der Waals surface area contributed by atoms with Crippen LogP contribution in [0.4, 0.5) is 0 Å². The smallest absolute Gasteiger partial charge is 0.191 e. The number of hydrogen-bond donors (Lipinski definition) is 0. The number of nitrogens with zero attached hydrogens (tertiary/aromatic N) is 1. The Labute approximate surface area is 64.0 Å². The zero-order valence-corrected chi connectivity index (χ0v) is 6.33. The van der Waals surface area contributed by atoms with E-state index in [9.17, 15) is 0 Å². The van der Waals surface area contributed by atoms with Gasteiger partial charge in [-0.25, -0.2) is 4.98 Å². The van der Waals surface area contributed by atoms with Crippen LogP contribution in [0.5, 0.6) is 0 Å². The minimum absolute atomic E-state index is 0.791. The molecule has 0 bridgehead atoms. The summed E-state index contributed by atoms with van der Waals surface area (Å²) in [5.74, 6) is 0.903. The van der Waals surface area contributed by atoms with Crippen LogP contribution in [0.15, 0.2) is 10.8 Å². The van der Waals surface area contributed by atoms with Crippen LogP contribution in [-0.4, -0.2) is 12.1 Å². The first kappa shape index (κ1) is 6.46. The molecule has 0 atom stereocenters. The number of rotatable bonds is 1. The number of ether oxygens (including phenoxy) is 1. The molecule has 1 aliphatic carbocycles. The first-order valence-electron chi connectivity index (χ1n) is 3.58. The molecule has 3 nitrogen and oxygen atoms in total. The predicted octanol–water partition coefficient (Wildman–Crippen LogP) is 0.00350. The Hall–Kier alpha value is -1.25. The lowest BCUT2D eigenvalue weighted by molar-refractivity contribution is 0.334. The fourth-order valence-electron chi connectivity index (χ4n) is 1.26. The van der Waals surface area contributed by atoms with Crippen LogP contribution >= 0.6 is 0 Å². The van der Waals surface area contributed by atoms with E-state index in [0.717, 1.165) is 29.4 Å². The quantitative estimate of drug-likeness (QED) is 0.567. The monoisotopic (exact) mass is 151 g/mol. The minimum atomic E-state index is 0.791. The van der Waals surface area contributed by atoms with E-state index < -0.39 is 0 Å². The Kier molecular flexibility index (Phi) is 1.42. The fraction of sp³-hybridized carbons (Fsp3) is 0.375. The molecule has 0 amide bonds. The second kappa shape index (κ2) is 2.42. The van der Waals surface area contributed by atoms with Crippen LogP contribution < -0.4 is 10.8 Å². The van der Waals surface area contributed by atoms with E-state index in [4.69, 9.17) is 9.15 Å². The minimum Gasteiger partial charge on any atom is -0.497 e. The Bertz CT molecular complexity index is 364. The van der Waals surface area contributed by atoms with Crippen LogP contribution in [0.25, 0.3) is 11.8 Å². The third-order valence-electron chi connectivity index (χ3n) is 1.80. The third-order valence-corrected chi connectivity index (χ3v) is 1.80. The van der Waals surface area contributed by atoms with Gasteiger partial charge >= 0.3 is 0 Å². The highest BCUT2D eigenvalue weighted by molar-refractivity contribution is 5.40. The second-order valence-corrected chi connectivity index (χ2v) is 2.44. The normalized spacial score (nSPS) is 15.5. The highest BCUT2D eigenvalue weighted by Crippen LogP contribution is 2.06. The second-order valence-electron chi connectivity index (χ2n) is 2.44. The lowest BCUT2D eigenvalue weighted by Gasteiger charge is -2.03. The Morgan fingerprint density at radius 1 is 1.64 bits per heavy atom. The van der Waals surface area contributed by atoms with Gasteiger partial charge in [-0.2, -0.15) is 0 Å². The van der Waals surface area contributed by atoms with Gasteiger partial charge in [0.2, 0.25) is 0 Å². The lowest BCUT2D eigenvalue weighted by atomic mass is 10.2. The molecule has 0 N–H and O–H groups in total. The van der Waals surface area contributed by atoms with Crippen LogP contribution in [0.2, 0.25) is 0 Å². The van der Waals surface area contributed by atoms with Crippen LogP contribution in [0.3, 0.4) is 0 Å². The van der Waals surface area contributed by atoms with E-state index in [0.29, 0.717) is 0 Å². The van der Waals surface area contributed by atoms with E-state index in [1.165, 1.54) is 6.39 Å². The van der Waals surface area contributed by atoms with Crippen molar-refractivity contribution in [2.75, 3.05) is 7.11 Å². The fourth-order valence-corrected chi connectivity index (χ4v) is 1.26. The van der Waals surface area contributed by atoms with Crippen LogP contribution in [0, 0.1) is 0 Å². The Morgan fingerprint density at radius 3 is 3.36 bits per heavy atom. The molecule has 0 saturated carbocycles. The summed E-state index contributed by atoms with van der Waals surface area (Å²) in [5, 5.41) is 0.910. The molecule has 3 heteroatoms. The van der Waals surface area contributed by atoms with Gasteiger partial charge in [-0.3, -0.25) is 0 Å². The number of oxazole rings is 1. The summed E-state index contributed by atoms with van der Waals surface area (Å²) in [4.78, 5) is 4.03. The molecule has 0 saturated heterocycles. The van der Waals surface area contributed by atoms with Crippen molar-refractivity contribution in [3.05, 3.63) is 17.2 Å². The summed E-state index contributed by atoms with van der Waals surface area (Å²) < 4.78 is 10.3. The van der Waals surface area contributed by atoms with E-state index in [-0.39, 0.29) is 0 Å². The largest absolute Gasteiger partial charge is 0.497 e. The summed E-state index contributed by atoms with van der Waals surface area (Å²) >= 11 is 0. The van der Waals surface area contributed by atoms with Crippen molar-refractivity contribution in [2.24, 2.45) is 0 Å². The van der Waals surface area contributed by atoms with Gasteiger partial charge in [-0.15, -0.1) is 0 Å². The van der Waals surface area contributed by atoms with Gasteiger partial charge < -0.3 is 9.15 Å². The van der Waals surface area contributed by atoms with Crippen molar-refractivity contribution in [3.8, 4) is 0 Å². The molecule has 2 rings (SSSR count). The maximum absolute atomic E-state index is 5.16. The molecule has 1 aliphatic rings. The number of hydrogen-bond acceptors (Lipinski definition) is 3. The molecule has 0 spiro atoms. The number of fused-ring (bicyclic) bond motifs is 1. The molecule has 1 aromatic heterocycles. The molecule has 0 fully saturated rings. The van der Waals surface area contributed by atoms with Crippen molar-refractivity contribution >= 4 is 11.8 Å². The van der Waals surface area contributed by atoms with Crippen molar-refractivity contribution in [3.63, 3.8) is 0 Å². The van der Waals surface area contributed by atoms with E-state index >= 15 is 0 Å². The number of methoxy groups -OCH3 is 1. The van der Waals surface area contributed by atoms with E-state index in [1.54, 1.807) is 7.11 Å². The molecular weight excluding hydrogens is 142 g/mol. The topological polar surface area (TPSA) is 35.3 Å². The van der Waals surface area contributed by atoms with Gasteiger partial charge in [0.1, 0.15) is 11.1 Å². The molecule has 0 aliphatic heterocycles. The molecule has 1 heterocycles. The van der Waals surface area contributed by atoms with Gasteiger partial charge in [0, 0.05) is 6.42 Å². The van der Waals surface area contributed by atoms with Gasteiger partial charge in [0.15, 0.2) is 11.8 Å². The highest BCUT2D eigenvalue weighted by atomic mass is 16.5. The Balaban J connectivity index is 2.77. The van der Waals surface area contributed by atoms with Gasteiger partial charge in [-0.1, -0.05) is 6.08 Å². The zero-order chi connectivity index (χ0) is 7.68.